The van der Waals surface area contributed by atoms with Gasteiger partial charge >= 0.3 is 0 Å². The molecule has 3 aromatic rings. The van der Waals surface area contributed by atoms with E-state index >= 15 is 0 Å². The molecule has 7 heteroatoms. The van der Waals surface area contributed by atoms with Gasteiger partial charge in [-0.2, -0.15) is 4.98 Å². The second-order valence-electron chi connectivity index (χ2n) is 5.57. The highest BCUT2D eigenvalue weighted by Gasteiger charge is 2.15. The summed E-state index contributed by atoms with van der Waals surface area (Å²) >= 11 is 0. The summed E-state index contributed by atoms with van der Waals surface area (Å²) in [6, 6.07) is 9.70. The number of aromatic nitrogens is 4. The lowest BCUT2D eigenvalue weighted by Crippen LogP contribution is -2.24. The number of aryl methyl sites for hydroxylation is 2. The summed E-state index contributed by atoms with van der Waals surface area (Å²) in [5, 5.41) is 7.08. The first-order chi connectivity index (χ1) is 11.6. The van der Waals surface area contributed by atoms with Crippen molar-refractivity contribution in [3.63, 3.8) is 0 Å². The van der Waals surface area contributed by atoms with E-state index in [1.165, 1.54) is 0 Å². The van der Waals surface area contributed by atoms with Gasteiger partial charge in [-0.3, -0.25) is 4.79 Å². The Balaban J connectivity index is 1.77. The van der Waals surface area contributed by atoms with Crippen molar-refractivity contribution in [3.05, 3.63) is 58.7 Å². The molecule has 0 fully saturated rings. The van der Waals surface area contributed by atoms with E-state index in [-0.39, 0.29) is 11.7 Å². The van der Waals surface area contributed by atoms with Gasteiger partial charge in [0.1, 0.15) is 0 Å². The number of hydrogen-bond acceptors (Lipinski definition) is 5. The fraction of sp³-hybridized carbons (Fsp3) is 0.294. The Morgan fingerprint density at radius 2 is 1.96 bits per heavy atom. The van der Waals surface area contributed by atoms with Crippen molar-refractivity contribution in [2.24, 2.45) is 0 Å². The van der Waals surface area contributed by atoms with Crippen molar-refractivity contribution >= 4 is 11.7 Å². The zero-order valence-corrected chi connectivity index (χ0v) is 13.9. The molecule has 24 heavy (non-hydrogen) atoms. The molecule has 124 valence electrons. The van der Waals surface area contributed by atoms with E-state index in [0.717, 1.165) is 22.5 Å². The van der Waals surface area contributed by atoms with Gasteiger partial charge in [0.15, 0.2) is 0 Å². The first kappa shape index (κ1) is 16.1. The molecule has 2 heterocycles. The van der Waals surface area contributed by atoms with Crippen LogP contribution >= 0.6 is 0 Å². The standard InChI is InChI=1S/C17H19N5O2/c1-11-8-12(2)22-17(19-11)20-15(21-22)16(23)18-9-13-6-4-5-7-14(13)10-24-3/h4-8H,9-10H2,1-3H3,(H,18,23). The summed E-state index contributed by atoms with van der Waals surface area (Å²) in [7, 11) is 1.65. The second kappa shape index (κ2) is 6.76. The van der Waals surface area contributed by atoms with E-state index in [9.17, 15) is 4.79 Å². The van der Waals surface area contributed by atoms with Crippen LogP contribution in [0.1, 0.15) is 33.1 Å². The van der Waals surface area contributed by atoms with Crippen LogP contribution in [-0.2, 0) is 17.9 Å². The molecule has 0 bridgehead atoms. The highest BCUT2D eigenvalue weighted by Crippen LogP contribution is 2.10. The molecule has 2 aromatic heterocycles. The second-order valence-corrected chi connectivity index (χ2v) is 5.57. The number of nitrogens with one attached hydrogen (secondary N) is 1. The Kier molecular flexibility index (Phi) is 4.52. The Morgan fingerprint density at radius 1 is 1.21 bits per heavy atom. The van der Waals surface area contributed by atoms with Crippen molar-refractivity contribution in [1.82, 2.24) is 24.9 Å². The van der Waals surface area contributed by atoms with Gasteiger partial charge in [-0.05, 0) is 31.0 Å². The number of carbonyl (C=O) groups excluding carboxylic acids is 1. The minimum absolute atomic E-state index is 0.112. The number of carbonyl (C=O) groups is 1. The molecule has 0 radical (unpaired) electrons. The lowest BCUT2D eigenvalue weighted by atomic mass is 10.1. The van der Waals surface area contributed by atoms with Crippen LogP contribution < -0.4 is 5.32 Å². The fourth-order valence-corrected chi connectivity index (χ4v) is 2.54. The predicted octanol–water partition coefficient (Wildman–Crippen LogP) is 1.82. The van der Waals surface area contributed by atoms with Crippen LogP contribution in [0.2, 0.25) is 0 Å². The summed E-state index contributed by atoms with van der Waals surface area (Å²) in [4.78, 5) is 20.8. The van der Waals surface area contributed by atoms with Crippen molar-refractivity contribution in [3.8, 4) is 0 Å². The third-order valence-corrected chi connectivity index (χ3v) is 3.68. The highest BCUT2D eigenvalue weighted by atomic mass is 16.5. The molecule has 0 aliphatic carbocycles. The molecule has 1 aromatic carbocycles. The van der Waals surface area contributed by atoms with E-state index in [2.05, 4.69) is 20.4 Å². The van der Waals surface area contributed by atoms with E-state index in [4.69, 9.17) is 4.74 Å². The monoisotopic (exact) mass is 325 g/mol. The van der Waals surface area contributed by atoms with Gasteiger partial charge in [-0.25, -0.2) is 9.50 Å². The molecule has 7 nitrogen and oxygen atoms in total. The van der Waals surface area contributed by atoms with Gasteiger partial charge in [0, 0.05) is 25.0 Å². The number of benzene rings is 1. The predicted molar refractivity (Wildman–Crippen MR) is 88.6 cm³/mol. The summed E-state index contributed by atoms with van der Waals surface area (Å²) in [5.74, 6) is 0.211. The summed E-state index contributed by atoms with van der Waals surface area (Å²) in [6.07, 6.45) is 0. The summed E-state index contributed by atoms with van der Waals surface area (Å²) < 4.78 is 6.75. The Labute approximate surface area is 139 Å². The molecule has 0 unspecified atom stereocenters. The third-order valence-electron chi connectivity index (χ3n) is 3.68. The number of ether oxygens (including phenoxy) is 1. The lowest BCUT2D eigenvalue weighted by molar-refractivity contribution is 0.0940. The zero-order valence-electron chi connectivity index (χ0n) is 13.9. The third kappa shape index (κ3) is 3.26. The van der Waals surface area contributed by atoms with Gasteiger partial charge in [0.25, 0.3) is 11.7 Å². The first-order valence-electron chi connectivity index (χ1n) is 7.63. The summed E-state index contributed by atoms with van der Waals surface area (Å²) in [6.45, 7) is 4.67. The SMILES string of the molecule is COCc1ccccc1CNC(=O)c1nc2nc(C)cc(C)n2n1. The Morgan fingerprint density at radius 3 is 2.71 bits per heavy atom. The Bertz CT molecular complexity index is 888. The van der Waals surface area contributed by atoms with Gasteiger partial charge in [-0.15, -0.1) is 5.10 Å². The molecule has 0 aliphatic heterocycles. The molecule has 0 atom stereocenters. The number of nitrogens with zero attached hydrogens (tertiary/aromatic N) is 4. The maximum Gasteiger partial charge on any atom is 0.291 e. The minimum atomic E-state index is -0.329. The minimum Gasteiger partial charge on any atom is -0.380 e. The fourth-order valence-electron chi connectivity index (χ4n) is 2.54. The first-order valence-corrected chi connectivity index (χ1v) is 7.63. The van der Waals surface area contributed by atoms with Crippen LogP contribution in [0.25, 0.3) is 5.78 Å². The highest BCUT2D eigenvalue weighted by molar-refractivity contribution is 5.90. The number of fused-ring (bicyclic) bond motifs is 1. The largest absolute Gasteiger partial charge is 0.380 e. The summed E-state index contributed by atoms with van der Waals surface area (Å²) in [5.41, 5.74) is 3.76. The lowest BCUT2D eigenvalue weighted by Gasteiger charge is -2.09. The van der Waals surface area contributed by atoms with Gasteiger partial charge in [0.05, 0.1) is 6.61 Å². The molecule has 1 amide bonds. The molecule has 0 saturated carbocycles. The average Bonchev–Trinajstić information content (AvgIpc) is 2.98. The topological polar surface area (TPSA) is 81.4 Å². The number of rotatable bonds is 5. The van der Waals surface area contributed by atoms with E-state index in [1.807, 2.05) is 44.2 Å². The maximum atomic E-state index is 12.3. The number of methoxy groups -OCH3 is 1. The number of amides is 1. The van der Waals surface area contributed by atoms with Crippen LogP contribution in [0.3, 0.4) is 0 Å². The molecular weight excluding hydrogens is 306 g/mol. The van der Waals surface area contributed by atoms with E-state index in [1.54, 1.807) is 11.6 Å². The van der Waals surface area contributed by atoms with Crippen molar-refractivity contribution < 1.29 is 9.53 Å². The van der Waals surface area contributed by atoms with Crippen molar-refractivity contribution in [1.29, 1.82) is 0 Å². The van der Waals surface area contributed by atoms with Crippen LogP contribution in [0.5, 0.6) is 0 Å². The van der Waals surface area contributed by atoms with E-state index in [0.29, 0.717) is 18.9 Å². The van der Waals surface area contributed by atoms with Crippen LogP contribution in [-0.4, -0.2) is 32.6 Å². The van der Waals surface area contributed by atoms with Gasteiger partial charge in [-0.1, -0.05) is 24.3 Å². The molecule has 0 spiro atoms. The Hall–Kier alpha value is -2.80. The number of hydrogen-bond donors (Lipinski definition) is 1. The van der Waals surface area contributed by atoms with Crippen LogP contribution in [0.15, 0.2) is 30.3 Å². The normalized spacial score (nSPS) is 11.0. The van der Waals surface area contributed by atoms with E-state index < -0.39 is 0 Å². The molecule has 3 rings (SSSR count). The molecule has 0 aliphatic rings. The van der Waals surface area contributed by atoms with Crippen LogP contribution in [0, 0.1) is 13.8 Å². The smallest absolute Gasteiger partial charge is 0.291 e. The molecular formula is C17H19N5O2. The van der Waals surface area contributed by atoms with Crippen molar-refractivity contribution in [2.45, 2.75) is 27.0 Å². The molecule has 1 N–H and O–H groups in total. The average molecular weight is 325 g/mol. The van der Waals surface area contributed by atoms with Gasteiger partial charge < -0.3 is 10.1 Å². The van der Waals surface area contributed by atoms with Crippen LogP contribution in [0.4, 0.5) is 0 Å². The molecule has 0 saturated heterocycles. The maximum absolute atomic E-state index is 12.3. The quantitative estimate of drug-likeness (QED) is 0.774. The van der Waals surface area contributed by atoms with Crippen molar-refractivity contribution in [2.75, 3.05) is 7.11 Å². The zero-order chi connectivity index (χ0) is 17.1. The van der Waals surface area contributed by atoms with Gasteiger partial charge in [0.2, 0.25) is 5.82 Å².